The molecule has 1 fully saturated rings. The number of anilines is 1. The van der Waals surface area contributed by atoms with Crippen LogP contribution in [0.25, 0.3) is 0 Å². The van der Waals surface area contributed by atoms with Gasteiger partial charge < -0.3 is 16.4 Å². The number of carbonyl (C=O) groups excluding carboxylic acids is 2. The molecule has 2 amide bonds. The Labute approximate surface area is 116 Å². The molecular weight excluding hydrogens is 262 g/mol. The molecule has 6 heteroatoms. The third kappa shape index (κ3) is 3.07. The van der Waals surface area contributed by atoms with E-state index in [9.17, 15) is 9.59 Å². The van der Waals surface area contributed by atoms with Gasteiger partial charge in [-0.25, -0.2) is 0 Å². The van der Waals surface area contributed by atoms with Crippen LogP contribution in [0.15, 0.2) is 0 Å². The first-order valence-corrected chi connectivity index (χ1v) is 7.34. The highest BCUT2D eigenvalue weighted by molar-refractivity contribution is 7.18. The first-order chi connectivity index (χ1) is 9.04. The highest BCUT2D eigenvalue weighted by atomic mass is 32.1. The van der Waals surface area contributed by atoms with Crippen LogP contribution in [0.1, 0.15) is 51.8 Å². The molecule has 19 heavy (non-hydrogen) atoms. The van der Waals surface area contributed by atoms with Crippen LogP contribution >= 0.6 is 11.3 Å². The molecule has 0 spiro atoms. The number of rotatable bonds is 5. The second-order valence-corrected chi connectivity index (χ2v) is 5.85. The van der Waals surface area contributed by atoms with Crippen LogP contribution in [0.2, 0.25) is 0 Å². The number of hydrogen-bond acceptors (Lipinski definition) is 4. The summed E-state index contributed by atoms with van der Waals surface area (Å²) >= 11 is 1.19. The minimum absolute atomic E-state index is 0.119. The van der Waals surface area contributed by atoms with E-state index >= 15 is 0 Å². The normalized spacial score (nSPS) is 14.2. The Bertz CT molecular complexity index is 506. The summed E-state index contributed by atoms with van der Waals surface area (Å²) in [7, 11) is 0. The van der Waals surface area contributed by atoms with Crippen LogP contribution in [0.4, 0.5) is 5.00 Å². The van der Waals surface area contributed by atoms with E-state index in [2.05, 4.69) is 10.6 Å². The van der Waals surface area contributed by atoms with Gasteiger partial charge in [0.15, 0.2) is 0 Å². The number of nitrogen functional groups attached to an aromatic ring is 1. The molecular formula is C13H19N3O2S. The highest BCUT2D eigenvalue weighted by Crippen LogP contribution is 2.31. The zero-order valence-corrected chi connectivity index (χ0v) is 12.0. The lowest BCUT2D eigenvalue weighted by molar-refractivity contribution is 0.0952. The van der Waals surface area contributed by atoms with E-state index in [1.54, 1.807) is 6.92 Å². The molecule has 0 aliphatic heterocycles. The van der Waals surface area contributed by atoms with Crippen molar-refractivity contribution in [3.8, 4) is 0 Å². The standard InChI is InChI=1S/C13H19N3O2S/c1-3-6-15-12(17)9-7(2)10(19-11(9)14)13(18)16-8-4-5-8/h8H,3-6,14H2,1-2H3,(H,15,17)(H,16,18). The molecule has 0 bridgehead atoms. The molecule has 1 aliphatic carbocycles. The second kappa shape index (κ2) is 5.61. The van der Waals surface area contributed by atoms with Gasteiger partial charge in [0.2, 0.25) is 0 Å². The maximum atomic E-state index is 12.0. The first-order valence-electron chi connectivity index (χ1n) is 6.52. The molecule has 1 heterocycles. The SMILES string of the molecule is CCCNC(=O)c1c(N)sc(C(=O)NC2CC2)c1C. The molecule has 2 rings (SSSR count). The Morgan fingerprint density at radius 1 is 1.37 bits per heavy atom. The van der Waals surface area contributed by atoms with Gasteiger partial charge in [0, 0.05) is 12.6 Å². The fraction of sp³-hybridized carbons (Fsp3) is 0.538. The van der Waals surface area contributed by atoms with Crippen LogP contribution in [-0.4, -0.2) is 24.4 Å². The summed E-state index contributed by atoms with van der Waals surface area (Å²) in [5, 5.41) is 6.12. The third-order valence-electron chi connectivity index (χ3n) is 3.06. The van der Waals surface area contributed by atoms with E-state index in [-0.39, 0.29) is 11.8 Å². The lowest BCUT2D eigenvalue weighted by Crippen LogP contribution is -2.27. The van der Waals surface area contributed by atoms with Crippen LogP contribution < -0.4 is 16.4 Å². The number of hydrogen-bond donors (Lipinski definition) is 3. The molecule has 1 aliphatic rings. The van der Waals surface area contributed by atoms with Gasteiger partial charge in [0.1, 0.15) is 0 Å². The Morgan fingerprint density at radius 3 is 2.63 bits per heavy atom. The van der Waals surface area contributed by atoms with Gasteiger partial charge in [0.05, 0.1) is 15.4 Å². The summed E-state index contributed by atoms with van der Waals surface area (Å²) in [6.07, 6.45) is 2.94. The molecule has 5 nitrogen and oxygen atoms in total. The minimum atomic E-state index is -0.196. The van der Waals surface area contributed by atoms with Crippen LogP contribution in [0, 0.1) is 6.92 Å². The van der Waals surface area contributed by atoms with Gasteiger partial charge in [-0.3, -0.25) is 9.59 Å². The van der Waals surface area contributed by atoms with Crippen molar-refractivity contribution in [2.24, 2.45) is 0 Å². The van der Waals surface area contributed by atoms with Crippen molar-refractivity contribution in [2.45, 2.75) is 39.2 Å². The predicted octanol–water partition coefficient (Wildman–Crippen LogP) is 1.67. The largest absolute Gasteiger partial charge is 0.390 e. The summed E-state index contributed by atoms with van der Waals surface area (Å²) < 4.78 is 0. The molecule has 1 saturated carbocycles. The van der Waals surface area contributed by atoms with Gasteiger partial charge in [-0.2, -0.15) is 0 Å². The Balaban J connectivity index is 2.18. The van der Waals surface area contributed by atoms with E-state index in [0.29, 0.717) is 33.6 Å². The molecule has 0 saturated heterocycles. The summed E-state index contributed by atoms with van der Waals surface area (Å²) in [6, 6.07) is 0.299. The number of nitrogens with one attached hydrogen (secondary N) is 2. The van der Waals surface area contributed by atoms with Crippen LogP contribution in [0.5, 0.6) is 0 Å². The Hall–Kier alpha value is -1.56. The third-order valence-corrected chi connectivity index (χ3v) is 4.18. The average molecular weight is 281 g/mol. The van der Waals surface area contributed by atoms with E-state index in [1.165, 1.54) is 11.3 Å². The predicted molar refractivity (Wildman–Crippen MR) is 76.6 cm³/mol. The fourth-order valence-corrected chi connectivity index (χ4v) is 2.81. The van der Waals surface area contributed by atoms with Crippen molar-refractivity contribution in [2.75, 3.05) is 12.3 Å². The van der Waals surface area contributed by atoms with Crippen LogP contribution in [0.3, 0.4) is 0 Å². The lowest BCUT2D eigenvalue weighted by atomic mass is 10.1. The zero-order valence-electron chi connectivity index (χ0n) is 11.2. The van der Waals surface area contributed by atoms with Crippen molar-refractivity contribution >= 4 is 28.2 Å². The van der Waals surface area contributed by atoms with Crippen molar-refractivity contribution in [3.63, 3.8) is 0 Å². The van der Waals surface area contributed by atoms with Gasteiger partial charge in [-0.15, -0.1) is 11.3 Å². The molecule has 0 atom stereocenters. The summed E-state index contributed by atoms with van der Waals surface area (Å²) in [5.41, 5.74) is 7.00. The van der Waals surface area contributed by atoms with Gasteiger partial charge in [-0.1, -0.05) is 6.92 Å². The Kier molecular flexibility index (Phi) is 4.09. The summed E-state index contributed by atoms with van der Waals surface area (Å²) in [5.74, 6) is -0.315. The summed E-state index contributed by atoms with van der Waals surface area (Å²) in [4.78, 5) is 24.6. The number of amides is 2. The van der Waals surface area contributed by atoms with E-state index < -0.39 is 0 Å². The average Bonchev–Trinajstić information content (AvgIpc) is 3.11. The molecule has 0 radical (unpaired) electrons. The zero-order chi connectivity index (χ0) is 14.0. The fourth-order valence-electron chi connectivity index (χ4n) is 1.84. The summed E-state index contributed by atoms with van der Waals surface area (Å²) in [6.45, 7) is 4.37. The van der Waals surface area contributed by atoms with Crippen molar-refractivity contribution in [1.82, 2.24) is 10.6 Å². The molecule has 104 valence electrons. The number of nitrogens with two attached hydrogens (primary N) is 1. The van der Waals surface area contributed by atoms with Crippen LogP contribution in [-0.2, 0) is 0 Å². The van der Waals surface area contributed by atoms with E-state index in [4.69, 9.17) is 5.73 Å². The quantitative estimate of drug-likeness (QED) is 0.767. The highest BCUT2D eigenvalue weighted by Gasteiger charge is 2.28. The van der Waals surface area contributed by atoms with Crippen molar-refractivity contribution in [3.05, 3.63) is 16.0 Å². The maximum absolute atomic E-state index is 12.0. The smallest absolute Gasteiger partial charge is 0.261 e. The molecule has 1 aromatic rings. The number of carbonyl (C=O) groups is 2. The van der Waals surface area contributed by atoms with Gasteiger partial charge >= 0.3 is 0 Å². The topological polar surface area (TPSA) is 84.2 Å². The second-order valence-electron chi connectivity index (χ2n) is 4.80. The molecule has 0 unspecified atom stereocenters. The first kappa shape index (κ1) is 13.9. The van der Waals surface area contributed by atoms with Crippen molar-refractivity contribution in [1.29, 1.82) is 0 Å². The number of thiophene rings is 1. The Morgan fingerprint density at radius 2 is 2.05 bits per heavy atom. The van der Waals surface area contributed by atoms with Crippen molar-refractivity contribution < 1.29 is 9.59 Å². The van der Waals surface area contributed by atoms with E-state index in [1.807, 2.05) is 6.92 Å². The maximum Gasteiger partial charge on any atom is 0.261 e. The molecule has 0 aromatic carbocycles. The monoisotopic (exact) mass is 281 g/mol. The van der Waals surface area contributed by atoms with E-state index in [0.717, 1.165) is 19.3 Å². The molecule has 1 aromatic heterocycles. The minimum Gasteiger partial charge on any atom is -0.390 e. The molecule has 4 N–H and O–H groups in total. The van der Waals surface area contributed by atoms with Gasteiger partial charge in [-0.05, 0) is 31.7 Å². The lowest BCUT2D eigenvalue weighted by Gasteiger charge is -2.05. The van der Waals surface area contributed by atoms with Gasteiger partial charge in [0.25, 0.3) is 11.8 Å².